The molecule has 0 spiro atoms. The normalized spacial score (nSPS) is 17.1. The van der Waals surface area contributed by atoms with Crippen LogP contribution in [0.4, 0.5) is 17.6 Å². The van der Waals surface area contributed by atoms with Gasteiger partial charge in [-0.25, -0.2) is 9.37 Å². The third-order valence-corrected chi connectivity index (χ3v) is 2.06. The highest BCUT2D eigenvalue weighted by Gasteiger charge is 2.36. The Balaban J connectivity index is 2.40. The molecular formula is C9H6F4N. The van der Waals surface area contributed by atoms with Gasteiger partial charge >= 0.3 is 6.18 Å². The molecule has 0 aromatic carbocycles. The van der Waals surface area contributed by atoms with Crippen molar-refractivity contribution in [2.75, 3.05) is 0 Å². The summed E-state index contributed by atoms with van der Waals surface area (Å²) in [5, 5.41) is 0. The lowest BCUT2D eigenvalue weighted by Crippen LogP contribution is -2.10. The molecule has 75 valence electrons. The first-order valence-electron chi connectivity index (χ1n) is 4.14. The average molecular weight is 204 g/mol. The van der Waals surface area contributed by atoms with Gasteiger partial charge in [0.25, 0.3) is 0 Å². The molecule has 0 saturated heterocycles. The van der Waals surface area contributed by atoms with Crippen LogP contribution in [0.2, 0.25) is 0 Å². The molecule has 0 N–H and O–H groups in total. The van der Waals surface area contributed by atoms with Crippen molar-refractivity contribution in [3.8, 4) is 0 Å². The van der Waals surface area contributed by atoms with Crippen LogP contribution < -0.4 is 0 Å². The second kappa shape index (κ2) is 2.93. The Hall–Kier alpha value is -1.13. The molecule has 0 unspecified atom stereocenters. The third kappa shape index (κ3) is 1.71. The van der Waals surface area contributed by atoms with Crippen molar-refractivity contribution >= 4 is 0 Å². The van der Waals surface area contributed by atoms with Gasteiger partial charge in [-0.2, -0.15) is 13.2 Å². The first-order valence-corrected chi connectivity index (χ1v) is 4.14. The Bertz CT molecular complexity index is 354. The summed E-state index contributed by atoms with van der Waals surface area (Å²) in [4.78, 5) is 3.27. The molecule has 14 heavy (non-hydrogen) atoms. The second-order valence-electron chi connectivity index (χ2n) is 3.26. The minimum Gasteiger partial charge on any atom is -0.245 e. The summed E-state index contributed by atoms with van der Waals surface area (Å²) >= 11 is 0. The molecule has 1 heterocycles. The van der Waals surface area contributed by atoms with Crippen molar-refractivity contribution in [2.45, 2.75) is 24.9 Å². The lowest BCUT2D eigenvalue weighted by molar-refractivity contribution is -0.141. The van der Waals surface area contributed by atoms with Gasteiger partial charge in [0.2, 0.25) is 0 Å². The minimum atomic E-state index is -4.52. The molecule has 1 saturated carbocycles. The van der Waals surface area contributed by atoms with Crippen molar-refractivity contribution in [1.82, 2.24) is 4.98 Å². The van der Waals surface area contributed by atoms with Gasteiger partial charge in [0.05, 0.1) is 5.69 Å². The lowest BCUT2D eigenvalue weighted by Gasteiger charge is -2.07. The fourth-order valence-corrected chi connectivity index (χ4v) is 1.19. The summed E-state index contributed by atoms with van der Waals surface area (Å²) in [6.45, 7) is 0. The smallest absolute Gasteiger partial charge is 0.245 e. The summed E-state index contributed by atoms with van der Waals surface area (Å²) in [6, 6.07) is 2.49. The van der Waals surface area contributed by atoms with Crippen molar-refractivity contribution in [3.05, 3.63) is 29.3 Å². The highest BCUT2D eigenvalue weighted by molar-refractivity contribution is 5.20. The van der Waals surface area contributed by atoms with Crippen LogP contribution in [0.15, 0.2) is 6.07 Å². The van der Waals surface area contributed by atoms with E-state index in [4.69, 9.17) is 0 Å². The van der Waals surface area contributed by atoms with E-state index in [9.17, 15) is 17.6 Å². The number of halogens is 4. The number of pyridine rings is 1. The molecular weight excluding hydrogens is 198 g/mol. The van der Waals surface area contributed by atoms with Crippen LogP contribution in [0, 0.1) is 11.9 Å². The van der Waals surface area contributed by atoms with Crippen LogP contribution in [-0.4, -0.2) is 4.98 Å². The van der Waals surface area contributed by atoms with Crippen LogP contribution >= 0.6 is 0 Å². The fourth-order valence-electron chi connectivity index (χ4n) is 1.19. The van der Waals surface area contributed by atoms with Gasteiger partial charge in [-0.1, -0.05) is 0 Å². The van der Waals surface area contributed by atoms with E-state index in [-0.39, 0.29) is 11.6 Å². The fraction of sp³-hybridized carbons (Fsp3) is 0.444. The van der Waals surface area contributed by atoms with Gasteiger partial charge < -0.3 is 0 Å². The molecule has 1 aliphatic carbocycles. The summed E-state index contributed by atoms with van der Waals surface area (Å²) in [6.07, 6.45) is -3.11. The summed E-state index contributed by atoms with van der Waals surface area (Å²) < 4.78 is 49.5. The maximum absolute atomic E-state index is 13.0. The van der Waals surface area contributed by atoms with Gasteiger partial charge in [0.15, 0.2) is 5.82 Å². The van der Waals surface area contributed by atoms with E-state index in [2.05, 4.69) is 4.98 Å². The zero-order chi connectivity index (χ0) is 10.3. The maximum atomic E-state index is 13.0. The zero-order valence-electron chi connectivity index (χ0n) is 7.03. The predicted octanol–water partition coefficient (Wildman–Crippen LogP) is 2.92. The number of hydrogen-bond donors (Lipinski definition) is 0. The van der Waals surface area contributed by atoms with E-state index in [1.807, 2.05) is 6.07 Å². The quantitative estimate of drug-likeness (QED) is 0.641. The molecule has 1 nitrogen and oxygen atoms in total. The molecule has 5 heteroatoms. The standard InChI is InChI=1S/C9H6F4N/c10-6-3-4-7(9(11,12)13)14-8(6)5-1-2-5/h4-5H,1-2H2. The van der Waals surface area contributed by atoms with Crippen LogP contribution in [0.3, 0.4) is 0 Å². The van der Waals surface area contributed by atoms with E-state index in [0.29, 0.717) is 18.9 Å². The van der Waals surface area contributed by atoms with Crippen LogP contribution in [0.25, 0.3) is 0 Å². The molecule has 0 atom stereocenters. The molecule has 1 aromatic heterocycles. The largest absolute Gasteiger partial charge is 0.433 e. The molecule has 1 aromatic rings. The highest BCUT2D eigenvalue weighted by atomic mass is 19.4. The van der Waals surface area contributed by atoms with Crippen molar-refractivity contribution in [1.29, 1.82) is 0 Å². The third-order valence-electron chi connectivity index (χ3n) is 2.06. The van der Waals surface area contributed by atoms with Crippen LogP contribution in [0.1, 0.15) is 30.1 Å². The molecule has 0 aliphatic heterocycles. The Labute approximate surface area is 77.8 Å². The van der Waals surface area contributed by atoms with E-state index < -0.39 is 17.7 Å². The minimum absolute atomic E-state index is 0.0974. The summed E-state index contributed by atoms with van der Waals surface area (Å²) in [5.74, 6) is -0.908. The molecule has 0 amide bonds. The van der Waals surface area contributed by atoms with Crippen molar-refractivity contribution < 1.29 is 17.6 Å². The van der Waals surface area contributed by atoms with Gasteiger partial charge in [-0.3, -0.25) is 0 Å². The number of alkyl halides is 3. The Kier molecular flexibility index (Phi) is 1.97. The maximum Gasteiger partial charge on any atom is 0.433 e. The van der Waals surface area contributed by atoms with Gasteiger partial charge in [0.1, 0.15) is 5.69 Å². The summed E-state index contributed by atoms with van der Waals surface area (Å²) in [5.41, 5.74) is -1.17. The number of nitrogens with zero attached hydrogens (tertiary/aromatic N) is 1. The van der Waals surface area contributed by atoms with E-state index in [1.165, 1.54) is 0 Å². The molecule has 1 aliphatic rings. The van der Waals surface area contributed by atoms with Gasteiger partial charge in [0, 0.05) is 12.0 Å². The molecule has 2 rings (SSSR count). The van der Waals surface area contributed by atoms with Crippen LogP contribution in [-0.2, 0) is 6.18 Å². The SMILES string of the molecule is Fc1[c]cc(C(F)(F)F)nc1C1CC1. The van der Waals surface area contributed by atoms with Crippen LogP contribution in [0.5, 0.6) is 0 Å². The van der Waals surface area contributed by atoms with Crippen molar-refractivity contribution in [3.63, 3.8) is 0 Å². The lowest BCUT2D eigenvalue weighted by atomic mass is 10.2. The summed E-state index contributed by atoms with van der Waals surface area (Å²) in [7, 11) is 0. The molecule has 1 radical (unpaired) electrons. The van der Waals surface area contributed by atoms with Crippen molar-refractivity contribution in [2.24, 2.45) is 0 Å². The Morgan fingerprint density at radius 2 is 2.00 bits per heavy atom. The predicted molar refractivity (Wildman–Crippen MR) is 40.0 cm³/mol. The average Bonchev–Trinajstić information content (AvgIpc) is 2.85. The number of aromatic nitrogens is 1. The number of rotatable bonds is 1. The Morgan fingerprint density at radius 1 is 1.36 bits per heavy atom. The van der Waals surface area contributed by atoms with E-state index in [0.717, 1.165) is 0 Å². The zero-order valence-corrected chi connectivity index (χ0v) is 7.03. The highest BCUT2D eigenvalue weighted by Crippen LogP contribution is 2.41. The first-order chi connectivity index (χ1) is 6.48. The monoisotopic (exact) mass is 204 g/mol. The van der Waals surface area contributed by atoms with Gasteiger partial charge in [-0.05, 0) is 18.9 Å². The molecule has 0 bridgehead atoms. The second-order valence-corrected chi connectivity index (χ2v) is 3.26. The van der Waals surface area contributed by atoms with Gasteiger partial charge in [-0.15, -0.1) is 0 Å². The molecule has 1 fully saturated rings. The first kappa shape index (κ1) is 9.43. The van der Waals surface area contributed by atoms with E-state index >= 15 is 0 Å². The number of hydrogen-bond acceptors (Lipinski definition) is 1. The van der Waals surface area contributed by atoms with E-state index in [1.54, 1.807) is 0 Å². The Morgan fingerprint density at radius 3 is 2.50 bits per heavy atom. The topological polar surface area (TPSA) is 12.9 Å².